The van der Waals surface area contributed by atoms with Gasteiger partial charge in [0.1, 0.15) is 0 Å². The van der Waals surface area contributed by atoms with Crippen LogP contribution in [0.2, 0.25) is 0 Å². The number of anilines is 1. The van der Waals surface area contributed by atoms with Crippen molar-refractivity contribution < 1.29 is 0 Å². The summed E-state index contributed by atoms with van der Waals surface area (Å²) in [6.07, 6.45) is 7.13. The summed E-state index contributed by atoms with van der Waals surface area (Å²) in [7, 11) is 4.18. The van der Waals surface area contributed by atoms with Gasteiger partial charge in [0.2, 0.25) is 0 Å². The lowest BCUT2D eigenvalue weighted by Gasteiger charge is -2.32. The summed E-state index contributed by atoms with van der Waals surface area (Å²) >= 11 is 1.81. The third-order valence-corrected chi connectivity index (χ3v) is 7.12. The first-order valence-corrected chi connectivity index (χ1v) is 12.3. The van der Waals surface area contributed by atoms with E-state index in [1.54, 1.807) is 0 Å². The van der Waals surface area contributed by atoms with E-state index < -0.39 is 0 Å². The SMILES string of the molecule is CN(C)c1ccc(CN2CCC[C@H](c3ccnc(SCCN4CCCC4)n3)C2)cc1. The first-order valence-electron chi connectivity index (χ1n) is 11.3. The molecule has 1 aromatic heterocycles. The quantitative estimate of drug-likeness (QED) is 0.468. The van der Waals surface area contributed by atoms with Crippen LogP contribution in [0.15, 0.2) is 41.7 Å². The Morgan fingerprint density at radius 1 is 1.00 bits per heavy atom. The molecule has 0 spiro atoms. The highest BCUT2D eigenvalue weighted by Crippen LogP contribution is 2.28. The fourth-order valence-corrected chi connectivity index (χ4v) is 5.36. The molecule has 2 fully saturated rings. The first-order chi connectivity index (χ1) is 14.7. The molecule has 0 radical (unpaired) electrons. The average Bonchev–Trinajstić information content (AvgIpc) is 3.28. The molecule has 30 heavy (non-hydrogen) atoms. The maximum absolute atomic E-state index is 4.93. The van der Waals surface area contributed by atoms with Gasteiger partial charge < -0.3 is 9.80 Å². The molecule has 2 aliphatic heterocycles. The molecule has 0 N–H and O–H groups in total. The number of aromatic nitrogens is 2. The number of rotatable bonds is 8. The van der Waals surface area contributed by atoms with Gasteiger partial charge in [-0.3, -0.25) is 4.90 Å². The van der Waals surface area contributed by atoms with E-state index in [0.29, 0.717) is 5.92 Å². The summed E-state index contributed by atoms with van der Waals surface area (Å²) in [5.41, 5.74) is 3.87. The molecule has 0 unspecified atom stereocenters. The Morgan fingerprint density at radius 3 is 2.53 bits per heavy atom. The van der Waals surface area contributed by atoms with Crippen molar-refractivity contribution in [3.8, 4) is 0 Å². The van der Waals surface area contributed by atoms with Gasteiger partial charge in [0.25, 0.3) is 0 Å². The Morgan fingerprint density at radius 2 is 1.77 bits per heavy atom. The molecule has 1 aromatic carbocycles. The van der Waals surface area contributed by atoms with Gasteiger partial charge >= 0.3 is 0 Å². The van der Waals surface area contributed by atoms with Crippen LogP contribution in [0.1, 0.15) is 42.9 Å². The summed E-state index contributed by atoms with van der Waals surface area (Å²) in [5.74, 6) is 1.60. The molecule has 2 saturated heterocycles. The summed E-state index contributed by atoms with van der Waals surface area (Å²) in [4.78, 5) is 16.7. The summed E-state index contributed by atoms with van der Waals surface area (Å²) in [6, 6.07) is 11.1. The van der Waals surface area contributed by atoms with Crippen molar-refractivity contribution in [3.05, 3.63) is 47.8 Å². The lowest BCUT2D eigenvalue weighted by Crippen LogP contribution is -2.34. The Hall–Kier alpha value is -1.63. The maximum Gasteiger partial charge on any atom is 0.187 e. The second kappa shape index (κ2) is 10.6. The van der Waals surface area contributed by atoms with Crippen LogP contribution in [-0.4, -0.2) is 72.3 Å². The van der Waals surface area contributed by atoms with E-state index in [0.717, 1.165) is 30.5 Å². The molecule has 0 aliphatic carbocycles. The molecule has 1 atom stereocenters. The second-order valence-corrected chi connectivity index (χ2v) is 9.86. The molecule has 0 saturated carbocycles. The zero-order valence-electron chi connectivity index (χ0n) is 18.5. The number of hydrogen-bond acceptors (Lipinski definition) is 6. The summed E-state index contributed by atoms with van der Waals surface area (Å²) < 4.78 is 0. The number of piperidine rings is 1. The minimum absolute atomic E-state index is 0.515. The van der Waals surface area contributed by atoms with E-state index in [1.807, 2.05) is 18.0 Å². The highest BCUT2D eigenvalue weighted by molar-refractivity contribution is 7.99. The van der Waals surface area contributed by atoms with E-state index in [4.69, 9.17) is 4.98 Å². The topological polar surface area (TPSA) is 35.5 Å². The molecule has 5 nitrogen and oxygen atoms in total. The molecule has 0 amide bonds. The maximum atomic E-state index is 4.93. The van der Waals surface area contributed by atoms with Gasteiger partial charge in [0.15, 0.2) is 5.16 Å². The minimum atomic E-state index is 0.515. The Labute approximate surface area is 185 Å². The molecular weight excluding hydrogens is 390 g/mol. The van der Waals surface area contributed by atoms with E-state index in [2.05, 4.69) is 64.1 Å². The van der Waals surface area contributed by atoms with Crippen LogP contribution < -0.4 is 4.90 Å². The molecule has 6 heteroatoms. The van der Waals surface area contributed by atoms with Crippen LogP contribution in [0.25, 0.3) is 0 Å². The summed E-state index contributed by atoms with van der Waals surface area (Å²) in [6.45, 7) is 6.96. The third kappa shape index (κ3) is 5.96. The van der Waals surface area contributed by atoms with Crippen molar-refractivity contribution in [2.24, 2.45) is 0 Å². The molecule has 0 bridgehead atoms. The van der Waals surface area contributed by atoms with Crippen molar-refractivity contribution in [3.63, 3.8) is 0 Å². The van der Waals surface area contributed by atoms with Crippen molar-refractivity contribution >= 4 is 17.4 Å². The highest BCUT2D eigenvalue weighted by Gasteiger charge is 2.23. The smallest absolute Gasteiger partial charge is 0.187 e. The van der Waals surface area contributed by atoms with Crippen molar-refractivity contribution in [1.82, 2.24) is 19.8 Å². The molecule has 162 valence electrons. The fourth-order valence-electron chi connectivity index (χ4n) is 4.52. The predicted molar refractivity (Wildman–Crippen MR) is 126 cm³/mol. The standard InChI is InChI=1S/C24H35N5S/c1-27(2)22-9-7-20(8-10-22)18-29-15-5-6-21(19-29)23-11-12-25-24(26-23)30-17-16-28-13-3-4-14-28/h7-12,21H,3-6,13-19H2,1-2H3/t21-/m0/s1. The van der Waals surface area contributed by atoms with Gasteiger partial charge in [-0.05, 0) is 69.1 Å². The van der Waals surface area contributed by atoms with Crippen LogP contribution in [0.5, 0.6) is 0 Å². The number of nitrogens with zero attached hydrogens (tertiary/aromatic N) is 5. The van der Waals surface area contributed by atoms with Gasteiger partial charge in [0, 0.05) is 63.0 Å². The van der Waals surface area contributed by atoms with E-state index in [9.17, 15) is 0 Å². The second-order valence-electron chi connectivity index (χ2n) is 8.80. The van der Waals surface area contributed by atoms with Crippen molar-refractivity contribution in [2.75, 3.05) is 57.5 Å². The lowest BCUT2D eigenvalue weighted by atomic mass is 9.94. The minimum Gasteiger partial charge on any atom is -0.378 e. The highest BCUT2D eigenvalue weighted by atomic mass is 32.2. The predicted octanol–water partition coefficient (Wildman–Crippen LogP) is 4.11. The van der Waals surface area contributed by atoms with Crippen LogP contribution in [0, 0.1) is 0 Å². The van der Waals surface area contributed by atoms with Crippen molar-refractivity contribution in [1.29, 1.82) is 0 Å². The van der Waals surface area contributed by atoms with Crippen LogP contribution in [0.4, 0.5) is 5.69 Å². The first kappa shape index (κ1) is 21.6. The van der Waals surface area contributed by atoms with E-state index >= 15 is 0 Å². The zero-order chi connectivity index (χ0) is 20.8. The van der Waals surface area contributed by atoms with Crippen LogP contribution in [0.3, 0.4) is 0 Å². The lowest BCUT2D eigenvalue weighted by molar-refractivity contribution is 0.198. The fraction of sp³-hybridized carbons (Fsp3) is 0.583. The van der Waals surface area contributed by atoms with Gasteiger partial charge in [-0.1, -0.05) is 23.9 Å². The Bertz CT molecular complexity index is 788. The van der Waals surface area contributed by atoms with Gasteiger partial charge in [-0.15, -0.1) is 0 Å². The Kier molecular flexibility index (Phi) is 7.63. The molecule has 2 aliphatic rings. The normalized spacial score (nSPS) is 20.5. The number of thioether (sulfide) groups is 1. The molecule has 4 rings (SSSR count). The third-order valence-electron chi connectivity index (χ3n) is 6.28. The monoisotopic (exact) mass is 425 g/mol. The molecular formula is C24H35N5S. The van der Waals surface area contributed by atoms with E-state index in [-0.39, 0.29) is 0 Å². The number of benzene rings is 1. The average molecular weight is 426 g/mol. The largest absolute Gasteiger partial charge is 0.378 e. The van der Waals surface area contributed by atoms with Gasteiger partial charge in [-0.25, -0.2) is 9.97 Å². The van der Waals surface area contributed by atoms with Crippen LogP contribution >= 0.6 is 11.8 Å². The van der Waals surface area contributed by atoms with Crippen LogP contribution in [-0.2, 0) is 6.54 Å². The number of hydrogen-bond donors (Lipinski definition) is 0. The molecule has 3 heterocycles. The zero-order valence-corrected chi connectivity index (χ0v) is 19.3. The molecule has 2 aromatic rings. The van der Waals surface area contributed by atoms with Gasteiger partial charge in [-0.2, -0.15) is 0 Å². The number of likely N-dealkylation sites (tertiary alicyclic amines) is 2. The van der Waals surface area contributed by atoms with Crippen molar-refractivity contribution in [2.45, 2.75) is 43.3 Å². The summed E-state index contributed by atoms with van der Waals surface area (Å²) in [5, 5.41) is 0.947. The Balaban J connectivity index is 1.31. The van der Waals surface area contributed by atoms with Gasteiger partial charge in [0.05, 0.1) is 0 Å². The van der Waals surface area contributed by atoms with E-state index in [1.165, 1.54) is 62.3 Å².